The van der Waals surface area contributed by atoms with E-state index in [0.717, 1.165) is 12.1 Å². The van der Waals surface area contributed by atoms with Gasteiger partial charge in [-0.05, 0) is 48.5 Å². The van der Waals surface area contributed by atoms with Gasteiger partial charge in [-0.15, -0.1) is 0 Å². The molecule has 27 heavy (non-hydrogen) atoms. The lowest BCUT2D eigenvalue weighted by Gasteiger charge is -2.21. The van der Waals surface area contributed by atoms with Crippen LogP contribution in [0.15, 0.2) is 72.6 Å². The molecule has 1 aliphatic rings. The Bertz CT molecular complexity index is 889. The van der Waals surface area contributed by atoms with Gasteiger partial charge in [-0.25, -0.2) is 4.39 Å². The van der Waals surface area contributed by atoms with Crippen LogP contribution in [0, 0.1) is 5.82 Å². The number of carbonyl (C=O) groups excluding carboxylic acids is 1. The van der Waals surface area contributed by atoms with Crippen LogP contribution in [0.4, 0.5) is 23.2 Å². The topological polar surface area (TPSA) is 50.4 Å². The van der Waals surface area contributed by atoms with Gasteiger partial charge in [0.05, 0.1) is 5.56 Å². The molecule has 3 rings (SSSR count). The molecule has 0 bridgehead atoms. The number of carbonyl (C=O) groups is 1. The lowest BCUT2D eigenvalue weighted by Crippen LogP contribution is -2.41. The summed E-state index contributed by atoms with van der Waals surface area (Å²) in [7, 11) is 0. The molecular weight excluding hydrogens is 364 g/mol. The summed E-state index contributed by atoms with van der Waals surface area (Å²) in [6.07, 6.45) is 0.110. The zero-order valence-corrected chi connectivity index (χ0v) is 13.8. The van der Waals surface area contributed by atoms with Gasteiger partial charge in [-0.3, -0.25) is 4.79 Å². The SMILES string of the molecule is O=C(Nc1ccc(F)cc1)C1C=CC=C(Oc2cccc(C(F)(F)F)c2)N1. The number of amides is 1. The summed E-state index contributed by atoms with van der Waals surface area (Å²) in [6, 6.07) is 8.86. The fraction of sp³-hybridized carbons (Fsp3) is 0.105. The number of benzene rings is 2. The maximum absolute atomic E-state index is 12.9. The number of rotatable bonds is 4. The van der Waals surface area contributed by atoms with E-state index in [1.54, 1.807) is 12.2 Å². The summed E-state index contributed by atoms with van der Waals surface area (Å²) in [5.74, 6) is -0.757. The molecule has 1 atom stereocenters. The minimum atomic E-state index is -4.48. The van der Waals surface area contributed by atoms with Gasteiger partial charge in [-0.2, -0.15) is 13.2 Å². The van der Waals surface area contributed by atoms with Crippen molar-refractivity contribution in [2.24, 2.45) is 0 Å². The van der Waals surface area contributed by atoms with Crippen LogP contribution in [0.2, 0.25) is 0 Å². The summed E-state index contributed by atoms with van der Waals surface area (Å²) in [5.41, 5.74) is -0.427. The molecule has 0 aromatic heterocycles. The molecule has 0 saturated heterocycles. The normalized spacial score (nSPS) is 16.3. The van der Waals surface area contributed by atoms with Crippen molar-refractivity contribution in [3.63, 3.8) is 0 Å². The van der Waals surface area contributed by atoms with Crippen molar-refractivity contribution in [3.05, 3.63) is 84.0 Å². The molecule has 0 spiro atoms. The molecule has 1 unspecified atom stereocenters. The lowest BCUT2D eigenvalue weighted by atomic mass is 10.2. The van der Waals surface area contributed by atoms with Crippen LogP contribution in [0.5, 0.6) is 5.75 Å². The third-order valence-corrected chi connectivity index (χ3v) is 3.63. The molecule has 2 aromatic carbocycles. The first-order chi connectivity index (χ1) is 12.8. The molecule has 140 valence electrons. The zero-order valence-electron chi connectivity index (χ0n) is 13.8. The first kappa shape index (κ1) is 18.5. The number of alkyl halides is 3. The molecular formula is C19H14F4N2O2. The summed E-state index contributed by atoms with van der Waals surface area (Å²) >= 11 is 0. The fourth-order valence-electron chi connectivity index (χ4n) is 2.34. The molecule has 1 heterocycles. The van der Waals surface area contributed by atoms with Crippen LogP contribution >= 0.6 is 0 Å². The quantitative estimate of drug-likeness (QED) is 0.783. The van der Waals surface area contributed by atoms with E-state index in [1.807, 2.05) is 0 Å². The molecule has 2 aromatic rings. The number of allylic oxidation sites excluding steroid dienone is 2. The Kier molecular flexibility index (Phi) is 5.16. The second kappa shape index (κ2) is 7.53. The molecule has 0 fully saturated rings. The van der Waals surface area contributed by atoms with Gasteiger partial charge in [0.2, 0.25) is 0 Å². The van der Waals surface area contributed by atoms with Crippen molar-refractivity contribution >= 4 is 11.6 Å². The Labute approximate surface area is 152 Å². The highest BCUT2D eigenvalue weighted by atomic mass is 19.4. The van der Waals surface area contributed by atoms with Gasteiger partial charge < -0.3 is 15.4 Å². The minimum absolute atomic E-state index is 0.0171. The number of ether oxygens (including phenoxy) is 1. The average Bonchev–Trinajstić information content (AvgIpc) is 2.63. The Morgan fingerprint density at radius 3 is 2.56 bits per heavy atom. The maximum atomic E-state index is 12.9. The lowest BCUT2D eigenvalue weighted by molar-refractivity contribution is -0.137. The summed E-state index contributed by atoms with van der Waals surface area (Å²) in [6.45, 7) is 0. The zero-order chi connectivity index (χ0) is 19.4. The largest absolute Gasteiger partial charge is 0.441 e. The number of nitrogens with one attached hydrogen (secondary N) is 2. The Hall–Kier alpha value is -3.29. The van der Waals surface area contributed by atoms with Crippen LogP contribution in [-0.2, 0) is 11.0 Å². The smallest absolute Gasteiger partial charge is 0.416 e. The van der Waals surface area contributed by atoms with Crippen LogP contribution in [-0.4, -0.2) is 11.9 Å². The number of dihydropyridines is 1. The van der Waals surface area contributed by atoms with E-state index in [9.17, 15) is 22.4 Å². The van der Waals surface area contributed by atoms with Gasteiger partial charge in [0.15, 0.2) is 5.88 Å². The number of hydrogen-bond acceptors (Lipinski definition) is 3. The highest BCUT2D eigenvalue weighted by molar-refractivity contribution is 5.96. The Balaban J connectivity index is 1.64. The standard InChI is InChI=1S/C19H14F4N2O2/c20-13-7-9-14(10-8-13)24-18(26)16-5-2-6-17(25-16)27-15-4-1-3-12(11-15)19(21,22)23/h1-11,16,25H,(H,24,26). The number of hydrogen-bond donors (Lipinski definition) is 2. The van der Waals surface area contributed by atoms with E-state index in [4.69, 9.17) is 4.74 Å². The summed E-state index contributed by atoms with van der Waals surface area (Å²) < 4.78 is 56.6. The highest BCUT2D eigenvalue weighted by Crippen LogP contribution is 2.31. The average molecular weight is 378 g/mol. The molecule has 8 heteroatoms. The van der Waals surface area contributed by atoms with E-state index in [0.29, 0.717) is 5.69 Å². The second-order valence-electron chi connectivity index (χ2n) is 5.66. The van der Waals surface area contributed by atoms with Crippen LogP contribution < -0.4 is 15.4 Å². The third kappa shape index (κ3) is 4.87. The third-order valence-electron chi connectivity index (χ3n) is 3.63. The predicted molar refractivity (Wildman–Crippen MR) is 91.2 cm³/mol. The first-order valence-corrected chi connectivity index (χ1v) is 7.88. The number of halogens is 4. The van der Waals surface area contributed by atoms with Gasteiger partial charge in [-0.1, -0.05) is 18.2 Å². The van der Waals surface area contributed by atoms with Gasteiger partial charge in [0.1, 0.15) is 17.6 Å². The van der Waals surface area contributed by atoms with Crippen LogP contribution in [0.25, 0.3) is 0 Å². The summed E-state index contributed by atoms with van der Waals surface area (Å²) in [5, 5.41) is 5.38. The summed E-state index contributed by atoms with van der Waals surface area (Å²) in [4.78, 5) is 12.3. The Morgan fingerprint density at radius 1 is 1.11 bits per heavy atom. The van der Waals surface area contributed by atoms with Crippen molar-refractivity contribution in [2.45, 2.75) is 12.2 Å². The number of anilines is 1. The first-order valence-electron chi connectivity index (χ1n) is 7.88. The minimum Gasteiger partial charge on any atom is -0.441 e. The van der Waals surface area contributed by atoms with Crippen molar-refractivity contribution < 1.29 is 27.1 Å². The van der Waals surface area contributed by atoms with Crippen molar-refractivity contribution in [3.8, 4) is 5.75 Å². The molecule has 2 N–H and O–H groups in total. The van der Waals surface area contributed by atoms with Crippen molar-refractivity contribution in [1.29, 1.82) is 0 Å². The maximum Gasteiger partial charge on any atom is 0.416 e. The molecule has 4 nitrogen and oxygen atoms in total. The highest BCUT2D eigenvalue weighted by Gasteiger charge is 2.30. The fourth-order valence-corrected chi connectivity index (χ4v) is 2.34. The Morgan fingerprint density at radius 2 is 1.85 bits per heavy atom. The van der Waals surface area contributed by atoms with Crippen molar-refractivity contribution in [2.75, 3.05) is 5.32 Å². The molecule has 1 aliphatic heterocycles. The van der Waals surface area contributed by atoms with Gasteiger partial charge in [0, 0.05) is 5.69 Å². The van der Waals surface area contributed by atoms with E-state index in [2.05, 4.69) is 10.6 Å². The van der Waals surface area contributed by atoms with Crippen LogP contribution in [0.3, 0.4) is 0 Å². The van der Waals surface area contributed by atoms with E-state index < -0.39 is 29.5 Å². The molecule has 0 radical (unpaired) electrons. The van der Waals surface area contributed by atoms with E-state index in [1.165, 1.54) is 42.5 Å². The monoisotopic (exact) mass is 378 g/mol. The van der Waals surface area contributed by atoms with Gasteiger partial charge >= 0.3 is 6.18 Å². The van der Waals surface area contributed by atoms with E-state index >= 15 is 0 Å². The molecule has 0 saturated carbocycles. The predicted octanol–water partition coefficient (Wildman–Crippen LogP) is 4.23. The van der Waals surface area contributed by atoms with Gasteiger partial charge in [0.25, 0.3) is 5.91 Å². The van der Waals surface area contributed by atoms with Crippen LogP contribution in [0.1, 0.15) is 5.56 Å². The second-order valence-corrected chi connectivity index (χ2v) is 5.66. The molecule has 0 aliphatic carbocycles. The van der Waals surface area contributed by atoms with E-state index in [-0.39, 0.29) is 11.6 Å². The molecule has 1 amide bonds. The van der Waals surface area contributed by atoms with Crippen molar-refractivity contribution in [1.82, 2.24) is 5.32 Å².